The minimum absolute atomic E-state index is 0.210. The Morgan fingerprint density at radius 1 is 0.600 bits per heavy atom. The van der Waals surface area contributed by atoms with Crippen LogP contribution in [0.4, 0.5) is 0 Å². The summed E-state index contributed by atoms with van der Waals surface area (Å²) in [5, 5.41) is 0. The molecule has 0 saturated carbocycles. The van der Waals surface area contributed by atoms with Gasteiger partial charge in [0.05, 0.1) is 6.61 Å². The largest absolute Gasteiger partial charge is 0.469 e. The fourth-order valence-electron chi connectivity index (χ4n) is 4.80. The molecule has 0 aromatic rings. The van der Waals surface area contributed by atoms with Crippen LogP contribution in [-0.2, 0) is 28.2 Å². The Morgan fingerprint density at radius 2 is 1.07 bits per heavy atom. The van der Waals surface area contributed by atoms with Crippen LogP contribution in [0, 0.1) is 0 Å². The molecule has 0 spiro atoms. The first-order valence-electron chi connectivity index (χ1n) is 17.8. The van der Waals surface area contributed by atoms with Crippen molar-refractivity contribution in [1.29, 1.82) is 0 Å². The molecular weight excluding hydrogens is 591 g/mol. The van der Waals surface area contributed by atoms with Crippen LogP contribution in [0.25, 0.3) is 0 Å². The van der Waals surface area contributed by atoms with Gasteiger partial charge in [-0.05, 0) is 44.9 Å². The molecule has 9 heteroatoms. The maximum atomic E-state index is 12.3. The summed E-state index contributed by atoms with van der Waals surface area (Å²) >= 11 is 0. The molecule has 0 saturated heterocycles. The van der Waals surface area contributed by atoms with Gasteiger partial charge in [0, 0.05) is 12.8 Å². The van der Waals surface area contributed by atoms with E-state index in [-0.39, 0.29) is 19.4 Å². The summed E-state index contributed by atoms with van der Waals surface area (Å²) in [5.74, 6) is -0.905. The molecule has 0 heterocycles. The summed E-state index contributed by atoms with van der Waals surface area (Å²) in [7, 11) is -4.75. The first-order chi connectivity index (χ1) is 21.8. The zero-order valence-electron chi connectivity index (χ0n) is 28.5. The third-order valence-electron chi connectivity index (χ3n) is 7.42. The van der Waals surface area contributed by atoms with E-state index in [2.05, 4.69) is 54.8 Å². The van der Waals surface area contributed by atoms with Gasteiger partial charge in [-0.1, -0.05) is 140 Å². The van der Waals surface area contributed by atoms with Crippen molar-refractivity contribution in [2.75, 3.05) is 13.2 Å². The minimum atomic E-state index is -4.75. The molecule has 0 unspecified atom stereocenters. The molecule has 0 aromatic heterocycles. The number of carbonyl (C=O) groups is 2. The summed E-state index contributed by atoms with van der Waals surface area (Å²) in [6.07, 6.45) is 35.8. The lowest BCUT2D eigenvalue weighted by molar-refractivity contribution is -0.161. The van der Waals surface area contributed by atoms with Crippen LogP contribution in [0.1, 0.15) is 162 Å². The van der Waals surface area contributed by atoms with Crippen molar-refractivity contribution in [2.45, 2.75) is 168 Å². The van der Waals surface area contributed by atoms with E-state index in [1.54, 1.807) is 0 Å². The number of carbonyl (C=O) groups excluding carboxylic acids is 2. The van der Waals surface area contributed by atoms with Crippen LogP contribution in [0.5, 0.6) is 0 Å². The number of allylic oxidation sites excluding steroid dienone is 6. The molecule has 0 aliphatic heterocycles. The standard InChI is InChI=1S/C36H65O8P/c1-3-5-7-9-11-13-15-17-18-19-21-22-24-26-28-30-35(37)42-32-34(33-43-45(39,40)41)44-36(38)31-29-27-25-23-20-16-14-12-10-8-6-4-2/h5,7,11,13,17-18,34H,3-4,6,8-10,12,14-16,19-33H2,1-2H3,(H2,39,40,41)/b7-5+,13-11+,18-17+/t34-/m1/s1. The van der Waals surface area contributed by atoms with E-state index < -0.39 is 32.5 Å². The molecule has 1 atom stereocenters. The Hall–Kier alpha value is -1.73. The number of phosphoric acid groups is 1. The fraction of sp³-hybridized carbons (Fsp3) is 0.778. The number of ether oxygens (including phenoxy) is 2. The normalized spacial score (nSPS) is 12.9. The van der Waals surface area contributed by atoms with E-state index in [1.165, 1.54) is 51.4 Å². The van der Waals surface area contributed by atoms with Crippen LogP contribution in [0.15, 0.2) is 36.5 Å². The van der Waals surface area contributed by atoms with Gasteiger partial charge in [-0.2, -0.15) is 0 Å². The molecule has 8 nitrogen and oxygen atoms in total. The van der Waals surface area contributed by atoms with Crippen LogP contribution >= 0.6 is 7.82 Å². The van der Waals surface area contributed by atoms with Gasteiger partial charge in [0.1, 0.15) is 6.61 Å². The average Bonchev–Trinajstić information content (AvgIpc) is 3.00. The molecule has 0 aliphatic rings. The lowest BCUT2D eigenvalue weighted by Gasteiger charge is -2.18. The van der Waals surface area contributed by atoms with Gasteiger partial charge in [0.15, 0.2) is 6.10 Å². The number of unbranched alkanes of at least 4 members (excludes halogenated alkanes) is 16. The highest BCUT2D eigenvalue weighted by Crippen LogP contribution is 2.36. The summed E-state index contributed by atoms with van der Waals surface area (Å²) in [4.78, 5) is 42.6. The molecule has 0 aliphatic carbocycles. The molecule has 0 aromatic carbocycles. The molecule has 0 radical (unpaired) electrons. The van der Waals surface area contributed by atoms with E-state index >= 15 is 0 Å². The highest BCUT2D eigenvalue weighted by Gasteiger charge is 2.22. The second kappa shape index (κ2) is 32.2. The van der Waals surface area contributed by atoms with Gasteiger partial charge in [-0.25, -0.2) is 4.57 Å². The van der Waals surface area contributed by atoms with Crippen molar-refractivity contribution in [3.8, 4) is 0 Å². The molecule has 262 valence electrons. The van der Waals surface area contributed by atoms with Gasteiger partial charge >= 0.3 is 19.8 Å². The summed E-state index contributed by atoms with van der Waals surface area (Å²) in [5.41, 5.74) is 0. The van der Waals surface area contributed by atoms with Gasteiger partial charge in [0.2, 0.25) is 0 Å². The van der Waals surface area contributed by atoms with Crippen LogP contribution in [0.2, 0.25) is 0 Å². The molecule has 0 bridgehead atoms. The smallest absolute Gasteiger partial charge is 0.462 e. The number of phosphoric ester groups is 1. The average molecular weight is 657 g/mol. The number of hydrogen-bond acceptors (Lipinski definition) is 6. The van der Waals surface area contributed by atoms with Crippen LogP contribution in [0.3, 0.4) is 0 Å². The first kappa shape index (κ1) is 43.3. The fourth-order valence-corrected chi connectivity index (χ4v) is 5.16. The lowest BCUT2D eigenvalue weighted by atomic mass is 10.0. The summed E-state index contributed by atoms with van der Waals surface area (Å²) in [6, 6.07) is 0. The van der Waals surface area contributed by atoms with Crippen molar-refractivity contribution in [1.82, 2.24) is 0 Å². The molecule has 0 fully saturated rings. The minimum Gasteiger partial charge on any atom is -0.462 e. The topological polar surface area (TPSA) is 119 Å². The van der Waals surface area contributed by atoms with Gasteiger partial charge in [0.25, 0.3) is 0 Å². The lowest BCUT2D eigenvalue weighted by Crippen LogP contribution is -2.29. The second-order valence-corrected chi connectivity index (χ2v) is 13.1. The molecule has 45 heavy (non-hydrogen) atoms. The van der Waals surface area contributed by atoms with Gasteiger partial charge in [-0.3, -0.25) is 14.1 Å². The zero-order valence-corrected chi connectivity index (χ0v) is 29.4. The Bertz CT molecular complexity index is 833. The van der Waals surface area contributed by atoms with E-state index in [1.807, 2.05) is 0 Å². The summed E-state index contributed by atoms with van der Waals surface area (Å²) in [6.45, 7) is 3.53. The summed E-state index contributed by atoms with van der Waals surface area (Å²) < 4.78 is 26.2. The Labute approximate surface area is 274 Å². The van der Waals surface area contributed by atoms with E-state index in [0.29, 0.717) is 12.8 Å². The van der Waals surface area contributed by atoms with Crippen molar-refractivity contribution in [3.05, 3.63) is 36.5 Å². The molecular formula is C36H65O8P. The predicted molar refractivity (Wildman–Crippen MR) is 184 cm³/mol. The van der Waals surface area contributed by atoms with Crippen molar-refractivity contribution in [2.24, 2.45) is 0 Å². The quantitative estimate of drug-likeness (QED) is 0.0318. The maximum Gasteiger partial charge on any atom is 0.469 e. The molecule has 0 rings (SSSR count). The number of esters is 2. The monoisotopic (exact) mass is 656 g/mol. The third kappa shape index (κ3) is 35.0. The van der Waals surface area contributed by atoms with Crippen LogP contribution in [-0.4, -0.2) is 41.0 Å². The van der Waals surface area contributed by atoms with Gasteiger partial charge < -0.3 is 19.3 Å². The Balaban J connectivity index is 4.01. The second-order valence-electron chi connectivity index (χ2n) is 11.8. The number of hydrogen-bond donors (Lipinski definition) is 2. The van der Waals surface area contributed by atoms with E-state index in [0.717, 1.165) is 70.6 Å². The highest BCUT2D eigenvalue weighted by atomic mass is 31.2. The first-order valence-corrected chi connectivity index (χ1v) is 19.3. The van der Waals surface area contributed by atoms with Crippen molar-refractivity contribution >= 4 is 19.8 Å². The van der Waals surface area contributed by atoms with Crippen molar-refractivity contribution in [3.63, 3.8) is 0 Å². The number of rotatable bonds is 32. The molecule has 2 N–H and O–H groups in total. The predicted octanol–water partition coefficient (Wildman–Crippen LogP) is 10.2. The molecule has 0 amide bonds. The SMILES string of the molecule is CC/C=C/C/C=C/C/C=C/CCCCCCCC(=O)OC[C@H](COP(=O)(O)O)OC(=O)CCCCCCCCCCCCCC. The van der Waals surface area contributed by atoms with E-state index in [9.17, 15) is 14.2 Å². The maximum absolute atomic E-state index is 12.3. The zero-order chi connectivity index (χ0) is 33.3. The van der Waals surface area contributed by atoms with E-state index in [4.69, 9.17) is 19.3 Å². The highest BCUT2D eigenvalue weighted by molar-refractivity contribution is 7.46. The van der Waals surface area contributed by atoms with Crippen LogP contribution < -0.4 is 0 Å². The van der Waals surface area contributed by atoms with Gasteiger partial charge in [-0.15, -0.1) is 0 Å². The van der Waals surface area contributed by atoms with Crippen molar-refractivity contribution < 1.29 is 37.9 Å². The Kier molecular flexibility index (Phi) is 31.0. The third-order valence-corrected chi connectivity index (χ3v) is 7.91. The Morgan fingerprint density at radius 3 is 1.60 bits per heavy atom.